The van der Waals surface area contributed by atoms with E-state index in [0.717, 1.165) is 18.6 Å². The number of hydrogen-bond acceptors (Lipinski definition) is 4. The Labute approximate surface area is 146 Å². The minimum atomic E-state index is -1.61. The van der Waals surface area contributed by atoms with Gasteiger partial charge in [0.15, 0.2) is 28.4 Å². The molecule has 25 heavy (non-hydrogen) atoms. The first kappa shape index (κ1) is 17.5. The highest BCUT2D eigenvalue weighted by molar-refractivity contribution is 6.29. The zero-order chi connectivity index (χ0) is 18.0. The molecule has 0 bridgehead atoms. The van der Waals surface area contributed by atoms with Crippen LogP contribution in [0.2, 0.25) is 5.15 Å². The molecule has 5 nitrogen and oxygen atoms in total. The van der Waals surface area contributed by atoms with E-state index < -0.39 is 29.3 Å². The third-order valence-electron chi connectivity index (χ3n) is 4.03. The van der Waals surface area contributed by atoms with Gasteiger partial charge in [-0.3, -0.25) is 4.79 Å². The maximum atomic E-state index is 13.7. The highest BCUT2D eigenvalue weighted by Gasteiger charge is 2.28. The normalized spacial score (nSPS) is 17.4. The molecule has 3 rings (SSSR count). The summed E-state index contributed by atoms with van der Waals surface area (Å²) in [6.45, 7) is 1.05. The van der Waals surface area contributed by atoms with Crippen LogP contribution in [0.4, 0.5) is 24.7 Å². The number of aromatic nitrogens is 2. The summed E-state index contributed by atoms with van der Waals surface area (Å²) in [6, 6.07) is 5.07. The highest BCUT2D eigenvalue weighted by atomic mass is 35.5. The van der Waals surface area contributed by atoms with E-state index in [9.17, 15) is 18.0 Å². The van der Waals surface area contributed by atoms with Crippen molar-refractivity contribution in [3.8, 4) is 0 Å². The van der Waals surface area contributed by atoms with E-state index in [1.165, 1.54) is 0 Å². The number of hydrogen-bond donors (Lipinski definition) is 1. The van der Waals surface area contributed by atoms with Gasteiger partial charge in [0, 0.05) is 13.1 Å². The molecule has 2 heterocycles. The molecule has 1 unspecified atom stereocenters. The van der Waals surface area contributed by atoms with Gasteiger partial charge in [0.25, 0.3) is 0 Å². The number of halogens is 4. The first-order valence-corrected chi connectivity index (χ1v) is 8.02. The molecule has 2 aromatic rings. The monoisotopic (exact) mass is 370 g/mol. The highest BCUT2D eigenvalue weighted by Crippen LogP contribution is 2.25. The quantitative estimate of drug-likeness (QED) is 0.841. The van der Waals surface area contributed by atoms with Crippen LogP contribution in [0.15, 0.2) is 24.3 Å². The number of nitrogens with zero attached hydrogens (tertiary/aromatic N) is 3. The van der Waals surface area contributed by atoms with Crippen molar-refractivity contribution in [3.63, 3.8) is 0 Å². The Morgan fingerprint density at radius 2 is 1.96 bits per heavy atom. The molecule has 1 amide bonds. The van der Waals surface area contributed by atoms with Crippen molar-refractivity contribution < 1.29 is 18.0 Å². The van der Waals surface area contributed by atoms with E-state index in [1.54, 1.807) is 12.1 Å². The van der Waals surface area contributed by atoms with E-state index in [-0.39, 0.29) is 10.8 Å². The molecule has 0 radical (unpaired) electrons. The molecular formula is C16H14ClF3N4O. The van der Waals surface area contributed by atoms with Crippen LogP contribution < -0.4 is 10.2 Å². The molecule has 9 heteroatoms. The maximum Gasteiger partial charge on any atom is 0.229 e. The molecule has 0 saturated carbocycles. The molecule has 1 aliphatic rings. The van der Waals surface area contributed by atoms with Gasteiger partial charge >= 0.3 is 0 Å². The molecule has 1 N–H and O–H groups in total. The maximum absolute atomic E-state index is 13.7. The molecule has 1 aliphatic heterocycles. The average molecular weight is 371 g/mol. The molecule has 0 spiro atoms. The third kappa shape index (κ3) is 3.84. The van der Waals surface area contributed by atoms with Crippen molar-refractivity contribution in [2.45, 2.75) is 12.8 Å². The number of anilines is 2. The minimum Gasteiger partial charge on any atom is -0.354 e. The lowest BCUT2D eigenvalue weighted by atomic mass is 9.97. The predicted octanol–water partition coefficient (Wildman–Crippen LogP) is 3.40. The number of amides is 1. The molecule has 1 fully saturated rings. The topological polar surface area (TPSA) is 58.1 Å². The minimum absolute atomic E-state index is 0.267. The van der Waals surface area contributed by atoms with E-state index in [4.69, 9.17) is 11.6 Å². The average Bonchev–Trinajstić information content (AvgIpc) is 2.63. The Hall–Kier alpha value is -2.35. The van der Waals surface area contributed by atoms with E-state index in [2.05, 4.69) is 15.5 Å². The Morgan fingerprint density at radius 3 is 2.68 bits per heavy atom. The van der Waals surface area contributed by atoms with Crippen LogP contribution in [0, 0.1) is 23.4 Å². The van der Waals surface area contributed by atoms with Gasteiger partial charge in [0.05, 0.1) is 11.6 Å². The molecule has 1 aromatic heterocycles. The molecular weight excluding hydrogens is 357 g/mol. The number of carbonyl (C=O) groups is 1. The fourth-order valence-electron chi connectivity index (χ4n) is 2.73. The summed E-state index contributed by atoms with van der Waals surface area (Å²) in [4.78, 5) is 14.2. The summed E-state index contributed by atoms with van der Waals surface area (Å²) in [5.74, 6) is -4.65. The lowest BCUT2D eigenvalue weighted by molar-refractivity contribution is -0.120. The summed E-state index contributed by atoms with van der Waals surface area (Å²) in [5, 5.41) is 10.3. The van der Waals surface area contributed by atoms with E-state index in [0.29, 0.717) is 25.3 Å². The van der Waals surface area contributed by atoms with Crippen LogP contribution in [-0.4, -0.2) is 29.2 Å². The zero-order valence-electron chi connectivity index (χ0n) is 13.0. The van der Waals surface area contributed by atoms with Gasteiger partial charge in [0.1, 0.15) is 0 Å². The van der Waals surface area contributed by atoms with E-state index in [1.807, 2.05) is 4.90 Å². The summed E-state index contributed by atoms with van der Waals surface area (Å²) >= 11 is 5.71. The van der Waals surface area contributed by atoms with Crippen LogP contribution in [0.25, 0.3) is 0 Å². The van der Waals surface area contributed by atoms with Gasteiger partial charge in [-0.15, -0.1) is 10.2 Å². The summed E-state index contributed by atoms with van der Waals surface area (Å²) in [5.41, 5.74) is -0.382. The van der Waals surface area contributed by atoms with Crippen molar-refractivity contribution in [2.24, 2.45) is 5.92 Å². The van der Waals surface area contributed by atoms with Gasteiger partial charge in [-0.05, 0) is 37.1 Å². The molecule has 1 saturated heterocycles. The lowest BCUT2D eigenvalue weighted by Crippen LogP contribution is -2.41. The summed E-state index contributed by atoms with van der Waals surface area (Å²) in [6.07, 6.45) is 1.32. The van der Waals surface area contributed by atoms with Gasteiger partial charge in [-0.25, -0.2) is 13.2 Å². The van der Waals surface area contributed by atoms with Crippen molar-refractivity contribution in [3.05, 3.63) is 46.9 Å². The molecule has 132 valence electrons. The Bertz CT molecular complexity index is 788. The standard InChI is InChI=1S/C16H14ClF3N4O/c17-12-5-6-13(23-22-12)24-7-1-2-9(8-24)16(25)21-11-4-3-10(18)14(19)15(11)20/h3-6,9H,1-2,7-8H2,(H,21,25). The Balaban J connectivity index is 1.70. The second-order valence-corrected chi connectivity index (χ2v) is 6.10. The van der Waals surface area contributed by atoms with Gasteiger partial charge in [-0.2, -0.15) is 0 Å². The largest absolute Gasteiger partial charge is 0.354 e. The number of piperidine rings is 1. The Morgan fingerprint density at radius 1 is 1.16 bits per heavy atom. The predicted molar refractivity (Wildman–Crippen MR) is 86.9 cm³/mol. The fourth-order valence-corrected chi connectivity index (χ4v) is 2.83. The van der Waals surface area contributed by atoms with Crippen LogP contribution in [0.3, 0.4) is 0 Å². The van der Waals surface area contributed by atoms with Crippen LogP contribution >= 0.6 is 11.6 Å². The first-order chi connectivity index (χ1) is 12.0. The SMILES string of the molecule is O=C(Nc1ccc(F)c(F)c1F)C1CCCN(c2ccc(Cl)nn2)C1. The lowest BCUT2D eigenvalue weighted by Gasteiger charge is -2.32. The molecule has 0 aliphatic carbocycles. The fraction of sp³-hybridized carbons (Fsp3) is 0.312. The number of carbonyl (C=O) groups excluding carboxylic acids is 1. The van der Waals surface area contributed by atoms with Crippen LogP contribution in [0.5, 0.6) is 0 Å². The number of rotatable bonds is 3. The Kier molecular flexibility index (Phi) is 5.08. The van der Waals surface area contributed by atoms with Crippen LogP contribution in [0.1, 0.15) is 12.8 Å². The molecule has 1 aromatic carbocycles. The summed E-state index contributed by atoms with van der Waals surface area (Å²) in [7, 11) is 0. The first-order valence-electron chi connectivity index (χ1n) is 7.64. The van der Waals surface area contributed by atoms with Crippen molar-refractivity contribution >= 4 is 29.0 Å². The van der Waals surface area contributed by atoms with Gasteiger partial charge < -0.3 is 10.2 Å². The van der Waals surface area contributed by atoms with Crippen LogP contribution in [-0.2, 0) is 4.79 Å². The molecule has 1 atom stereocenters. The second-order valence-electron chi connectivity index (χ2n) is 5.71. The number of benzene rings is 1. The van der Waals surface area contributed by atoms with Gasteiger partial charge in [0.2, 0.25) is 5.91 Å². The summed E-state index contributed by atoms with van der Waals surface area (Å²) < 4.78 is 39.9. The number of nitrogens with one attached hydrogen (secondary N) is 1. The smallest absolute Gasteiger partial charge is 0.229 e. The third-order valence-corrected chi connectivity index (χ3v) is 4.23. The van der Waals surface area contributed by atoms with Crippen molar-refractivity contribution in [2.75, 3.05) is 23.3 Å². The van der Waals surface area contributed by atoms with E-state index >= 15 is 0 Å². The van der Waals surface area contributed by atoms with Crippen molar-refractivity contribution in [1.29, 1.82) is 0 Å². The van der Waals surface area contributed by atoms with Gasteiger partial charge in [-0.1, -0.05) is 11.6 Å². The second kappa shape index (κ2) is 7.26. The van der Waals surface area contributed by atoms with Crippen molar-refractivity contribution in [1.82, 2.24) is 10.2 Å². The zero-order valence-corrected chi connectivity index (χ0v) is 13.7.